The highest BCUT2D eigenvalue weighted by Gasteiger charge is 2.17. The highest BCUT2D eigenvalue weighted by molar-refractivity contribution is 5.94. The summed E-state index contributed by atoms with van der Waals surface area (Å²) < 4.78 is 32.9. The van der Waals surface area contributed by atoms with Crippen LogP contribution in [0.1, 0.15) is 60.2 Å². The molecule has 0 unspecified atom stereocenters. The molecule has 0 atom stereocenters. The number of benzene rings is 4. The Kier molecular flexibility index (Phi) is 14.8. The Morgan fingerprint density at radius 1 is 0.755 bits per heavy atom. The van der Waals surface area contributed by atoms with Gasteiger partial charge in [-0.2, -0.15) is 0 Å². The predicted octanol–water partition coefficient (Wildman–Crippen LogP) is 7.79. The van der Waals surface area contributed by atoms with Crippen LogP contribution in [0.4, 0.5) is 0 Å². The van der Waals surface area contributed by atoms with E-state index in [4.69, 9.17) is 28.4 Å². The van der Waals surface area contributed by atoms with E-state index in [1.54, 1.807) is 32.0 Å². The average Bonchev–Trinajstić information content (AvgIpc) is 3.35. The van der Waals surface area contributed by atoms with Crippen LogP contribution >= 0.6 is 0 Å². The molecule has 0 aromatic heterocycles. The Bertz CT molecular complexity index is 1670. The van der Waals surface area contributed by atoms with E-state index in [2.05, 4.69) is 0 Å². The van der Waals surface area contributed by atoms with Crippen LogP contribution < -0.4 is 18.9 Å². The first kappa shape index (κ1) is 36.3. The van der Waals surface area contributed by atoms with Gasteiger partial charge in [0, 0.05) is 36.1 Å². The molecule has 9 nitrogen and oxygen atoms in total. The van der Waals surface area contributed by atoms with E-state index in [0.717, 1.165) is 34.5 Å². The normalized spacial score (nSPS) is 11.6. The summed E-state index contributed by atoms with van der Waals surface area (Å²) >= 11 is 0. The Labute approximate surface area is 287 Å². The van der Waals surface area contributed by atoms with Gasteiger partial charge in [-0.15, -0.1) is 0 Å². The molecule has 0 amide bonds. The summed E-state index contributed by atoms with van der Waals surface area (Å²) in [6.45, 7) is 6.02. The predicted molar refractivity (Wildman–Crippen MR) is 186 cm³/mol. The lowest BCUT2D eigenvalue weighted by Gasteiger charge is -2.11. The number of carbonyl (C=O) groups excluding carboxylic acids is 3. The second-order valence-electron chi connectivity index (χ2n) is 10.8. The Balaban J connectivity index is 0.000000221. The maximum absolute atomic E-state index is 11.9. The molecule has 0 N–H and O–H groups in total. The van der Waals surface area contributed by atoms with Crippen LogP contribution in [0.3, 0.4) is 0 Å². The zero-order chi connectivity index (χ0) is 34.7. The molecule has 0 saturated heterocycles. The van der Waals surface area contributed by atoms with E-state index in [-0.39, 0.29) is 18.4 Å². The van der Waals surface area contributed by atoms with Gasteiger partial charge in [0.25, 0.3) is 0 Å². The first-order valence-electron chi connectivity index (χ1n) is 16.3. The van der Waals surface area contributed by atoms with Crippen molar-refractivity contribution in [2.45, 2.75) is 46.3 Å². The molecule has 5 rings (SSSR count). The third kappa shape index (κ3) is 12.2. The minimum atomic E-state index is -0.279. The molecule has 0 radical (unpaired) electrons. The lowest BCUT2D eigenvalue weighted by atomic mass is 10.1. The standard InChI is InChI=1S/C20H22O5.C20H20O4/c1-2-23-20(22)9-6-12-24-19-13-18(11-10-17(19)14-21)25-15-16-7-4-3-5-8-16;1-2-22-20(21)17-10-11-23-19-13-18(9-8-16(19)12-17)24-14-15-6-4-3-5-7-15/h3-5,7-8,10-11,13-14H,2,6,9,12,15H2,1H3;3-9,12-13H,2,10-11,14H2,1H3. The highest BCUT2D eigenvalue weighted by atomic mass is 16.5. The molecule has 0 saturated carbocycles. The molecular formula is C40H42O9. The fourth-order valence-electron chi connectivity index (χ4n) is 4.70. The smallest absolute Gasteiger partial charge is 0.334 e. The van der Waals surface area contributed by atoms with Crippen molar-refractivity contribution in [3.05, 3.63) is 125 Å². The molecule has 1 heterocycles. The summed E-state index contributed by atoms with van der Waals surface area (Å²) in [5.41, 5.74) is 4.11. The summed E-state index contributed by atoms with van der Waals surface area (Å²) in [5.74, 6) is 2.00. The molecule has 1 aliphatic rings. The van der Waals surface area contributed by atoms with Gasteiger partial charge in [-0.25, -0.2) is 4.79 Å². The largest absolute Gasteiger partial charge is 0.493 e. The summed E-state index contributed by atoms with van der Waals surface area (Å²) in [7, 11) is 0. The minimum absolute atomic E-state index is 0.248. The fourth-order valence-corrected chi connectivity index (χ4v) is 4.70. The van der Waals surface area contributed by atoms with Crippen LogP contribution in [0.25, 0.3) is 6.08 Å². The maximum atomic E-state index is 11.9. The number of rotatable bonds is 15. The number of hydrogen-bond donors (Lipinski definition) is 0. The number of hydrogen-bond acceptors (Lipinski definition) is 9. The fraction of sp³-hybridized carbons (Fsp3) is 0.275. The van der Waals surface area contributed by atoms with Crippen molar-refractivity contribution >= 4 is 24.3 Å². The SMILES string of the molecule is CCOC(=O)C1=Cc2ccc(OCc3ccccc3)cc2OCC1.CCOC(=O)CCCOc1cc(OCc2ccccc2)ccc1C=O. The summed E-state index contributed by atoms with van der Waals surface area (Å²) in [5, 5.41) is 0. The van der Waals surface area contributed by atoms with E-state index in [1.165, 1.54) is 0 Å². The second kappa shape index (κ2) is 19.9. The van der Waals surface area contributed by atoms with Crippen LogP contribution in [0.15, 0.2) is 103 Å². The van der Waals surface area contributed by atoms with Crippen LogP contribution in [0, 0.1) is 0 Å². The average molecular weight is 667 g/mol. The van der Waals surface area contributed by atoms with Crippen molar-refractivity contribution < 1.29 is 42.8 Å². The third-order valence-corrected chi connectivity index (χ3v) is 7.18. The van der Waals surface area contributed by atoms with E-state index < -0.39 is 0 Å². The van der Waals surface area contributed by atoms with E-state index in [9.17, 15) is 14.4 Å². The van der Waals surface area contributed by atoms with Gasteiger partial charge < -0.3 is 28.4 Å². The Morgan fingerprint density at radius 2 is 1.39 bits per heavy atom. The molecule has 49 heavy (non-hydrogen) atoms. The van der Waals surface area contributed by atoms with E-state index >= 15 is 0 Å². The lowest BCUT2D eigenvalue weighted by molar-refractivity contribution is -0.143. The van der Waals surface area contributed by atoms with Gasteiger partial charge >= 0.3 is 11.9 Å². The van der Waals surface area contributed by atoms with E-state index in [1.807, 2.05) is 84.9 Å². The summed E-state index contributed by atoms with van der Waals surface area (Å²) in [4.78, 5) is 34.4. The van der Waals surface area contributed by atoms with Crippen molar-refractivity contribution in [1.29, 1.82) is 0 Å². The quantitative estimate of drug-likeness (QED) is 0.0714. The van der Waals surface area contributed by atoms with Crippen molar-refractivity contribution in [3.63, 3.8) is 0 Å². The van der Waals surface area contributed by atoms with Gasteiger partial charge in [0.05, 0.1) is 32.0 Å². The number of carbonyl (C=O) groups is 3. The molecule has 4 aromatic carbocycles. The first-order valence-corrected chi connectivity index (χ1v) is 16.3. The molecule has 9 heteroatoms. The number of esters is 2. The molecule has 0 bridgehead atoms. The molecule has 1 aliphatic heterocycles. The van der Waals surface area contributed by atoms with Crippen molar-refractivity contribution in [2.24, 2.45) is 0 Å². The molecule has 0 aliphatic carbocycles. The van der Waals surface area contributed by atoms with Crippen molar-refractivity contribution in [2.75, 3.05) is 26.4 Å². The molecule has 0 fully saturated rings. The van der Waals surface area contributed by atoms with Crippen LogP contribution in [-0.4, -0.2) is 44.7 Å². The van der Waals surface area contributed by atoms with E-state index in [0.29, 0.717) is 75.1 Å². The minimum Gasteiger partial charge on any atom is -0.493 e. The molecule has 0 spiro atoms. The molecule has 256 valence electrons. The summed E-state index contributed by atoms with van der Waals surface area (Å²) in [6, 6.07) is 30.5. The Hall–Kier alpha value is -5.57. The molecule has 4 aromatic rings. The van der Waals surface area contributed by atoms with Crippen LogP contribution in [0.5, 0.6) is 23.0 Å². The Morgan fingerprint density at radius 3 is 2.02 bits per heavy atom. The van der Waals surface area contributed by atoms with Crippen LogP contribution in [-0.2, 0) is 32.3 Å². The van der Waals surface area contributed by atoms with Crippen LogP contribution in [0.2, 0.25) is 0 Å². The molecular weight excluding hydrogens is 624 g/mol. The summed E-state index contributed by atoms with van der Waals surface area (Å²) in [6.07, 6.45) is 3.91. The van der Waals surface area contributed by atoms with Gasteiger partial charge in [-0.3, -0.25) is 9.59 Å². The van der Waals surface area contributed by atoms with Gasteiger partial charge in [0.1, 0.15) is 36.2 Å². The van der Waals surface area contributed by atoms with Crippen molar-refractivity contribution in [3.8, 4) is 23.0 Å². The maximum Gasteiger partial charge on any atom is 0.334 e. The second-order valence-corrected chi connectivity index (χ2v) is 10.8. The number of aldehydes is 1. The number of ether oxygens (including phenoxy) is 6. The highest BCUT2D eigenvalue weighted by Crippen LogP contribution is 2.31. The monoisotopic (exact) mass is 666 g/mol. The first-order chi connectivity index (χ1) is 24.0. The zero-order valence-electron chi connectivity index (χ0n) is 27.9. The van der Waals surface area contributed by atoms with Gasteiger partial charge in [-0.05, 0) is 61.7 Å². The van der Waals surface area contributed by atoms with Gasteiger partial charge in [-0.1, -0.05) is 60.7 Å². The lowest BCUT2D eigenvalue weighted by Crippen LogP contribution is -2.09. The topological polar surface area (TPSA) is 107 Å². The van der Waals surface area contributed by atoms with Crippen molar-refractivity contribution in [1.82, 2.24) is 0 Å². The number of fused-ring (bicyclic) bond motifs is 1. The van der Waals surface area contributed by atoms with Gasteiger partial charge in [0.2, 0.25) is 0 Å². The third-order valence-electron chi connectivity index (χ3n) is 7.18. The zero-order valence-corrected chi connectivity index (χ0v) is 27.9. The van der Waals surface area contributed by atoms with Gasteiger partial charge in [0.15, 0.2) is 6.29 Å².